The van der Waals surface area contributed by atoms with Gasteiger partial charge in [0.2, 0.25) is 0 Å². The third-order valence-corrected chi connectivity index (χ3v) is 2.27. The molecule has 1 aliphatic carbocycles. The second-order valence-corrected chi connectivity index (χ2v) is 3.36. The highest BCUT2D eigenvalue weighted by Crippen LogP contribution is 2.30. The Morgan fingerprint density at radius 1 is 1.36 bits per heavy atom. The van der Waals surface area contributed by atoms with Gasteiger partial charge < -0.3 is 0 Å². The fourth-order valence-corrected chi connectivity index (χ4v) is 1.20. The highest BCUT2D eigenvalue weighted by atomic mass is 15.4. The van der Waals surface area contributed by atoms with Crippen LogP contribution in [0.2, 0.25) is 0 Å². The van der Waals surface area contributed by atoms with Crippen LogP contribution in [0.15, 0.2) is 0 Å². The van der Waals surface area contributed by atoms with Gasteiger partial charge in [0.05, 0.1) is 5.66 Å². The fraction of sp³-hybridized carbons (Fsp3) is 1.00. The quantitative estimate of drug-likeness (QED) is 0.230. The summed E-state index contributed by atoms with van der Waals surface area (Å²) >= 11 is 0. The molecule has 3 nitrogen and oxygen atoms in total. The molecular formula is C8H19N3. The van der Waals surface area contributed by atoms with Crippen LogP contribution in [0.5, 0.6) is 0 Å². The zero-order valence-corrected chi connectivity index (χ0v) is 7.32. The van der Waals surface area contributed by atoms with Gasteiger partial charge in [-0.2, -0.15) is 0 Å². The van der Waals surface area contributed by atoms with Gasteiger partial charge >= 0.3 is 0 Å². The lowest BCUT2D eigenvalue weighted by Crippen LogP contribution is -2.48. The summed E-state index contributed by atoms with van der Waals surface area (Å²) in [6.07, 6.45) is 6.21. The van der Waals surface area contributed by atoms with Crippen LogP contribution in [0.1, 0.15) is 39.0 Å². The Bertz CT molecular complexity index is 110. The summed E-state index contributed by atoms with van der Waals surface area (Å²) in [4.78, 5) is 0. The van der Waals surface area contributed by atoms with Crippen LogP contribution in [-0.2, 0) is 0 Å². The van der Waals surface area contributed by atoms with E-state index in [1.165, 1.54) is 32.1 Å². The molecule has 0 aromatic heterocycles. The zero-order chi connectivity index (χ0) is 8.16. The molecule has 0 spiro atoms. The number of nitrogens with one attached hydrogen (secondary N) is 2. The number of rotatable bonds is 6. The smallest absolute Gasteiger partial charge is 0.0816 e. The summed E-state index contributed by atoms with van der Waals surface area (Å²) in [6.45, 7) is 3.31. The lowest BCUT2D eigenvalue weighted by atomic mass is 10.2. The van der Waals surface area contributed by atoms with Gasteiger partial charge in [-0.3, -0.25) is 11.2 Å². The van der Waals surface area contributed by atoms with E-state index in [0.717, 1.165) is 6.54 Å². The largest absolute Gasteiger partial charge is 0.298 e. The Balaban J connectivity index is 1.94. The maximum atomic E-state index is 5.37. The van der Waals surface area contributed by atoms with Crippen molar-refractivity contribution in [1.82, 2.24) is 10.7 Å². The van der Waals surface area contributed by atoms with Gasteiger partial charge in [0, 0.05) is 0 Å². The summed E-state index contributed by atoms with van der Waals surface area (Å²) in [7, 11) is 0. The van der Waals surface area contributed by atoms with Crippen molar-refractivity contribution in [3.05, 3.63) is 0 Å². The van der Waals surface area contributed by atoms with Crippen molar-refractivity contribution >= 4 is 0 Å². The van der Waals surface area contributed by atoms with E-state index in [9.17, 15) is 0 Å². The summed E-state index contributed by atoms with van der Waals surface area (Å²) in [5, 5.41) is 3.42. The standard InChI is InChI=1S/C8H19N3/c1-2-3-4-7-10-8(11-9)5-6-8/h10-11H,2-7,9H2,1H3. The molecule has 4 N–H and O–H groups in total. The average molecular weight is 157 g/mol. The highest BCUT2D eigenvalue weighted by Gasteiger charge is 2.40. The van der Waals surface area contributed by atoms with Crippen LogP contribution in [0.4, 0.5) is 0 Å². The molecule has 0 atom stereocenters. The van der Waals surface area contributed by atoms with E-state index in [1.54, 1.807) is 0 Å². The molecule has 0 heterocycles. The average Bonchev–Trinajstić information content (AvgIpc) is 2.80. The summed E-state index contributed by atoms with van der Waals surface area (Å²) in [6, 6.07) is 0. The first-order valence-electron chi connectivity index (χ1n) is 4.56. The molecule has 66 valence electrons. The molecule has 0 aromatic carbocycles. The van der Waals surface area contributed by atoms with Crippen LogP contribution in [0.25, 0.3) is 0 Å². The SMILES string of the molecule is CCCCCNC1(NN)CC1. The summed E-state index contributed by atoms with van der Waals surface area (Å²) in [5.74, 6) is 5.37. The van der Waals surface area contributed by atoms with E-state index in [-0.39, 0.29) is 5.66 Å². The second-order valence-electron chi connectivity index (χ2n) is 3.36. The molecule has 0 saturated heterocycles. The van der Waals surface area contributed by atoms with E-state index >= 15 is 0 Å². The lowest BCUT2D eigenvalue weighted by Gasteiger charge is -2.15. The monoisotopic (exact) mass is 157 g/mol. The minimum Gasteiger partial charge on any atom is -0.298 e. The first-order chi connectivity index (χ1) is 5.33. The molecule has 1 rings (SSSR count). The molecule has 3 heteroatoms. The van der Waals surface area contributed by atoms with Crippen molar-refractivity contribution < 1.29 is 0 Å². The number of hydrazine groups is 1. The Morgan fingerprint density at radius 3 is 2.55 bits per heavy atom. The van der Waals surface area contributed by atoms with Crippen molar-refractivity contribution in [2.45, 2.75) is 44.7 Å². The summed E-state index contributed by atoms with van der Waals surface area (Å²) in [5.41, 5.74) is 2.94. The Labute approximate surface area is 68.7 Å². The predicted octanol–water partition coefficient (Wildman–Crippen LogP) is 0.720. The predicted molar refractivity (Wildman–Crippen MR) is 46.8 cm³/mol. The topological polar surface area (TPSA) is 50.1 Å². The number of hydrogen-bond acceptors (Lipinski definition) is 3. The molecule has 0 aromatic rings. The first kappa shape index (κ1) is 8.97. The van der Waals surface area contributed by atoms with E-state index in [1.807, 2.05) is 0 Å². The maximum Gasteiger partial charge on any atom is 0.0816 e. The van der Waals surface area contributed by atoms with Crippen molar-refractivity contribution in [3.8, 4) is 0 Å². The van der Waals surface area contributed by atoms with Crippen LogP contribution < -0.4 is 16.6 Å². The molecule has 1 saturated carbocycles. The van der Waals surface area contributed by atoms with Gasteiger partial charge in [0.25, 0.3) is 0 Å². The van der Waals surface area contributed by atoms with Gasteiger partial charge in [-0.15, -0.1) is 0 Å². The van der Waals surface area contributed by atoms with Gasteiger partial charge in [-0.05, 0) is 25.8 Å². The van der Waals surface area contributed by atoms with E-state index in [2.05, 4.69) is 17.7 Å². The van der Waals surface area contributed by atoms with E-state index < -0.39 is 0 Å². The maximum absolute atomic E-state index is 5.37. The molecule has 1 fully saturated rings. The summed E-state index contributed by atoms with van der Waals surface area (Å²) < 4.78 is 0. The molecule has 0 radical (unpaired) electrons. The van der Waals surface area contributed by atoms with Crippen molar-refractivity contribution in [2.24, 2.45) is 5.84 Å². The van der Waals surface area contributed by atoms with E-state index in [4.69, 9.17) is 5.84 Å². The third-order valence-electron chi connectivity index (χ3n) is 2.27. The van der Waals surface area contributed by atoms with Gasteiger partial charge in [-0.1, -0.05) is 19.8 Å². The Kier molecular flexibility index (Phi) is 3.30. The van der Waals surface area contributed by atoms with Gasteiger partial charge in [0.15, 0.2) is 0 Å². The minimum absolute atomic E-state index is 0.119. The van der Waals surface area contributed by atoms with Crippen LogP contribution in [-0.4, -0.2) is 12.2 Å². The number of nitrogens with two attached hydrogens (primary N) is 1. The Morgan fingerprint density at radius 2 is 2.09 bits per heavy atom. The second kappa shape index (κ2) is 4.04. The lowest BCUT2D eigenvalue weighted by molar-refractivity contribution is 0.408. The van der Waals surface area contributed by atoms with Gasteiger partial charge in [0.1, 0.15) is 0 Å². The molecule has 0 amide bonds. The van der Waals surface area contributed by atoms with E-state index in [0.29, 0.717) is 0 Å². The number of hydrogen-bond donors (Lipinski definition) is 3. The Hall–Kier alpha value is -0.120. The zero-order valence-electron chi connectivity index (χ0n) is 7.32. The van der Waals surface area contributed by atoms with Gasteiger partial charge in [-0.25, -0.2) is 5.43 Å². The number of unbranched alkanes of at least 4 members (excludes halogenated alkanes) is 2. The third kappa shape index (κ3) is 2.77. The minimum atomic E-state index is 0.119. The molecule has 0 bridgehead atoms. The molecule has 1 aliphatic rings. The van der Waals surface area contributed by atoms with Crippen molar-refractivity contribution in [1.29, 1.82) is 0 Å². The van der Waals surface area contributed by atoms with Crippen molar-refractivity contribution in [3.63, 3.8) is 0 Å². The van der Waals surface area contributed by atoms with Crippen LogP contribution in [0.3, 0.4) is 0 Å². The van der Waals surface area contributed by atoms with Crippen LogP contribution in [0, 0.1) is 0 Å². The molecule has 11 heavy (non-hydrogen) atoms. The molecular weight excluding hydrogens is 138 g/mol. The molecule has 0 unspecified atom stereocenters. The normalized spacial score (nSPS) is 20.2. The fourth-order valence-electron chi connectivity index (χ4n) is 1.20. The van der Waals surface area contributed by atoms with Crippen molar-refractivity contribution in [2.75, 3.05) is 6.54 Å². The highest BCUT2D eigenvalue weighted by molar-refractivity contribution is 4.97. The molecule has 0 aliphatic heterocycles. The van der Waals surface area contributed by atoms with Crippen LogP contribution >= 0.6 is 0 Å². The first-order valence-corrected chi connectivity index (χ1v) is 4.56.